The minimum absolute atomic E-state index is 0.00133. The first-order valence-corrected chi connectivity index (χ1v) is 22.1. The largest absolute Gasteiger partial charge is 0.350 e. The van der Waals surface area contributed by atoms with Gasteiger partial charge in [-0.1, -0.05) is 30.1 Å². The van der Waals surface area contributed by atoms with E-state index >= 15 is 0 Å². The van der Waals surface area contributed by atoms with E-state index in [9.17, 15) is 27.2 Å². The van der Waals surface area contributed by atoms with Crippen molar-refractivity contribution in [2.45, 2.75) is 123 Å². The van der Waals surface area contributed by atoms with Crippen molar-refractivity contribution in [2.75, 3.05) is 6.54 Å². The topological polar surface area (TPSA) is 117 Å². The lowest BCUT2D eigenvalue weighted by molar-refractivity contribution is -0.122. The van der Waals surface area contributed by atoms with E-state index in [4.69, 9.17) is 65.0 Å². The van der Waals surface area contributed by atoms with E-state index in [1.54, 1.807) is 0 Å². The molecule has 0 bridgehead atoms. The van der Waals surface area contributed by atoms with Crippen LogP contribution in [0.1, 0.15) is 106 Å². The number of aromatic amines is 2. The Hall–Kier alpha value is -3.05. The first kappa shape index (κ1) is 48.0. The summed E-state index contributed by atoms with van der Waals surface area (Å²) in [6, 6.07) is 6.20. The number of benzene rings is 2. The highest BCUT2D eigenvalue weighted by Gasteiger charge is 2.34. The molecule has 0 unspecified atom stereocenters. The molecule has 60 heavy (non-hydrogen) atoms. The van der Waals surface area contributed by atoms with Crippen molar-refractivity contribution in [3.8, 4) is 0 Å². The monoisotopic (exact) mass is 931 g/mol. The van der Waals surface area contributed by atoms with Crippen LogP contribution in [-0.4, -0.2) is 53.8 Å². The van der Waals surface area contributed by atoms with Crippen molar-refractivity contribution in [1.82, 2.24) is 29.3 Å². The van der Waals surface area contributed by atoms with E-state index < -0.39 is 23.3 Å². The first-order chi connectivity index (χ1) is 28.4. The summed E-state index contributed by atoms with van der Waals surface area (Å²) in [6.07, 6.45) is 4.84. The van der Waals surface area contributed by atoms with Crippen LogP contribution >= 0.6 is 59.2 Å². The third-order valence-electron chi connectivity index (χ3n) is 11.2. The van der Waals surface area contributed by atoms with Crippen LogP contribution in [-0.2, 0) is 48.6 Å². The molecular formula is C42H52Cl3F4N7O2S2. The molecule has 2 saturated carbocycles. The van der Waals surface area contributed by atoms with Crippen LogP contribution in [0.15, 0.2) is 24.3 Å². The maximum absolute atomic E-state index is 14.3. The number of amides is 1. The highest BCUT2D eigenvalue weighted by Crippen LogP contribution is 2.38. The van der Waals surface area contributed by atoms with E-state index in [1.807, 2.05) is 9.13 Å². The highest BCUT2D eigenvalue weighted by molar-refractivity contribution is 7.71. The average molecular weight is 933 g/mol. The van der Waals surface area contributed by atoms with Gasteiger partial charge in [-0.05, 0) is 133 Å². The van der Waals surface area contributed by atoms with E-state index in [-0.39, 0.29) is 56.0 Å². The summed E-state index contributed by atoms with van der Waals surface area (Å²) in [6.45, 7) is 13.8. The SMILES string of the molecule is CCN(C(C)C)C(C)C.NCc1[nH]c(=S)n2c1C[C@@H](c1c(F)ccc(Cl)c1F)C2.O=C(Cl)C1CC1.O=C(NCc1[nH]c(=S)n2c1C[C@@H](c1c(F)ccc(Cl)c1F)C2)C1CC1. The van der Waals surface area contributed by atoms with Gasteiger partial charge in [0.2, 0.25) is 11.1 Å². The number of carbonyl (C=O) groups excluding carboxylic acids is 2. The molecule has 9 nitrogen and oxygen atoms in total. The third-order valence-corrected chi connectivity index (χ3v) is 12.7. The Morgan fingerprint density at radius 3 is 1.58 bits per heavy atom. The van der Waals surface area contributed by atoms with E-state index in [2.05, 4.69) is 54.8 Å². The van der Waals surface area contributed by atoms with Gasteiger partial charge in [0.15, 0.2) is 9.54 Å². The van der Waals surface area contributed by atoms with Crippen LogP contribution in [0.3, 0.4) is 0 Å². The first-order valence-electron chi connectivity index (χ1n) is 20.2. The zero-order valence-corrected chi connectivity index (χ0v) is 38.2. The second kappa shape index (κ2) is 20.9. The number of rotatable bonds is 10. The molecule has 8 rings (SSSR count). The van der Waals surface area contributed by atoms with Crippen molar-refractivity contribution < 1.29 is 27.2 Å². The predicted molar refractivity (Wildman–Crippen MR) is 234 cm³/mol. The Morgan fingerprint density at radius 1 is 0.800 bits per heavy atom. The summed E-state index contributed by atoms with van der Waals surface area (Å²) in [4.78, 5) is 30.4. The van der Waals surface area contributed by atoms with Crippen LogP contribution in [0.25, 0.3) is 0 Å². The summed E-state index contributed by atoms with van der Waals surface area (Å²) >= 11 is 27.1. The van der Waals surface area contributed by atoms with Gasteiger partial charge in [0.25, 0.3) is 0 Å². The molecule has 4 aliphatic rings. The van der Waals surface area contributed by atoms with Gasteiger partial charge in [0.1, 0.15) is 23.3 Å². The highest BCUT2D eigenvalue weighted by atomic mass is 35.5. The molecule has 0 saturated heterocycles. The summed E-state index contributed by atoms with van der Waals surface area (Å²) in [5.74, 6) is -2.87. The van der Waals surface area contributed by atoms with Crippen LogP contribution in [0.5, 0.6) is 0 Å². The Labute approximate surface area is 373 Å². The summed E-state index contributed by atoms with van der Waals surface area (Å²) in [5.41, 5.74) is 9.08. The third kappa shape index (κ3) is 11.5. The van der Waals surface area contributed by atoms with Gasteiger partial charge in [-0.3, -0.25) is 14.5 Å². The number of nitrogens with two attached hydrogens (primary N) is 1. The molecule has 5 N–H and O–H groups in total. The zero-order chi connectivity index (χ0) is 44.2. The molecular weight excluding hydrogens is 881 g/mol. The maximum Gasteiger partial charge on any atom is 0.224 e. The molecule has 2 fully saturated rings. The smallest absolute Gasteiger partial charge is 0.224 e. The lowest BCUT2D eigenvalue weighted by Crippen LogP contribution is -2.36. The standard InChI is InChI=1S/C17H16ClF2N3OS.C13H12ClF2N3S.C8H19N.C4H5ClO/c18-10-3-4-11(19)14(15(10)20)9-5-13-12(22-17(25)23(13)7-9)6-21-16(24)8-1-2-8;14-7-1-2-8(15)11(12(7)16)6-3-10-9(4-17)18-13(20)19(10)5-6;1-6-9(7(2)3)8(4)5;5-4(6)3-1-2-3/h3-4,8-9H,1-2,5-7H2,(H,21,24)(H,22,25);1-2,6H,3-5,17H2,(H,18,20);7-8H,6H2,1-5H3;3H,1-2H2/t9-;6-;;/m11../s1. The number of imidazole rings is 2. The molecule has 4 aromatic rings. The molecule has 2 aromatic heterocycles. The summed E-state index contributed by atoms with van der Waals surface area (Å²) in [5, 5.41) is 2.58. The Balaban J connectivity index is 0.000000173. The van der Waals surface area contributed by atoms with Crippen LogP contribution in [0, 0.1) is 44.6 Å². The van der Waals surface area contributed by atoms with Crippen LogP contribution in [0.4, 0.5) is 17.6 Å². The molecule has 2 aliphatic carbocycles. The van der Waals surface area contributed by atoms with Crippen molar-refractivity contribution in [3.63, 3.8) is 0 Å². The van der Waals surface area contributed by atoms with Crippen LogP contribution < -0.4 is 11.1 Å². The molecule has 18 heteroatoms. The maximum atomic E-state index is 14.3. The summed E-state index contributed by atoms with van der Waals surface area (Å²) < 4.78 is 61.2. The molecule has 0 radical (unpaired) electrons. The minimum Gasteiger partial charge on any atom is -0.350 e. The number of nitrogens with zero attached hydrogens (tertiary/aromatic N) is 3. The fourth-order valence-electron chi connectivity index (χ4n) is 7.84. The van der Waals surface area contributed by atoms with Crippen molar-refractivity contribution in [3.05, 3.63) is 101 Å². The molecule has 2 aromatic carbocycles. The van der Waals surface area contributed by atoms with Gasteiger partial charge >= 0.3 is 0 Å². The zero-order valence-electron chi connectivity index (χ0n) is 34.2. The van der Waals surface area contributed by atoms with E-state index in [0.29, 0.717) is 60.6 Å². The fraction of sp³-hybridized carbons (Fsp3) is 0.524. The molecule has 328 valence electrons. The van der Waals surface area contributed by atoms with Gasteiger partial charge in [-0.15, -0.1) is 0 Å². The lowest BCUT2D eigenvalue weighted by atomic mass is 9.95. The fourth-order valence-corrected chi connectivity index (χ4v) is 9.00. The van der Waals surface area contributed by atoms with Crippen LogP contribution in [0.2, 0.25) is 10.0 Å². The van der Waals surface area contributed by atoms with Gasteiger partial charge in [0, 0.05) is 77.9 Å². The number of nitrogens with one attached hydrogen (secondary N) is 3. The number of H-pyrrole nitrogens is 2. The second-order valence-electron chi connectivity index (χ2n) is 16.0. The van der Waals surface area contributed by atoms with E-state index in [1.165, 1.54) is 24.3 Å². The number of halogens is 7. The molecule has 0 spiro atoms. The lowest BCUT2D eigenvalue weighted by Gasteiger charge is -2.28. The van der Waals surface area contributed by atoms with Gasteiger partial charge in [-0.25, -0.2) is 17.6 Å². The summed E-state index contributed by atoms with van der Waals surface area (Å²) in [7, 11) is 0. The van der Waals surface area contributed by atoms with Crippen molar-refractivity contribution in [1.29, 1.82) is 0 Å². The number of aromatic nitrogens is 4. The predicted octanol–water partition coefficient (Wildman–Crippen LogP) is 10.4. The second-order valence-corrected chi connectivity index (χ2v) is 18.0. The minimum atomic E-state index is -0.712. The Bertz CT molecular complexity index is 2290. The Morgan fingerprint density at radius 2 is 1.23 bits per heavy atom. The van der Waals surface area contributed by atoms with Gasteiger partial charge in [0.05, 0.1) is 28.0 Å². The van der Waals surface area contributed by atoms with Gasteiger partial charge in [-0.2, -0.15) is 0 Å². The quantitative estimate of drug-likeness (QED) is 0.0545. The number of carbonyl (C=O) groups is 2. The normalized spacial score (nSPS) is 17.7. The average Bonchev–Trinajstić information content (AvgIpc) is 4.10. The number of fused-ring (bicyclic) bond motifs is 2. The molecule has 2 atom stereocenters. The van der Waals surface area contributed by atoms with Crippen molar-refractivity contribution >= 4 is 70.4 Å². The van der Waals surface area contributed by atoms with E-state index in [0.717, 1.165) is 55.0 Å². The molecule has 4 heterocycles. The van der Waals surface area contributed by atoms with Crippen molar-refractivity contribution in [2.24, 2.45) is 17.6 Å². The number of hydrogen-bond acceptors (Lipinski definition) is 6. The number of hydrogen-bond donors (Lipinski definition) is 4. The van der Waals surface area contributed by atoms with Gasteiger partial charge < -0.3 is 30.2 Å². The molecule has 2 aliphatic heterocycles. The Kier molecular flexibility index (Phi) is 16.7. The molecule has 1 amide bonds.